The first kappa shape index (κ1) is 19.4. The maximum absolute atomic E-state index is 13.0. The minimum Gasteiger partial charge on any atom is -0.344 e. The van der Waals surface area contributed by atoms with Crippen LogP contribution < -0.4 is 11.1 Å². The van der Waals surface area contributed by atoms with Crippen molar-refractivity contribution in [1.29, 1.82) is 0 Å². The first-order valence-corrected chi connectivity index (χ1v) is 6.36. The van der Waals surface area contributed by atoms with E-state index in [1.165, 1.54) is 30.5 Å². The third-order valence-electron chi connectivity index (χ3n) is 2.84. The number of aromatic nitrogens is 3. The molecule has 0 aliphatic rings. The molecule has 2 aromatic rings. The Morgan fingerprint density at radius 3 is 2.79 bits per heavy atom. The summed E-state index contributed by atoms with van der Waals surface area (Å²) in [5, 5.41) is 19.9. The van der Waals surface area contributed by atoms with Gasteiger partial charge in [-0.05, 0) is 6.07 Å². The van der Waals surface area contributed by atoms with E-state index < -0.39 is 29.8 Å². The molecule has 12 heteroatoms. The number of nitrogens with zero attached hydrogens (tertiary/aromatic N) is 4. The zero-order chi connectivity index (χ0) is 17.0. The van der Waals surface area contributed by atoms with Crippen LogP contribution in [0.15, 0.2) is 30.5 Å². The normalized spacial score (nSPS) is 10.8. The Bertz CT molecular complexity index is 739. The highest BCUT2D eigenvalue weighted by molar-refractivity contribution is 5.91. The van der Waals surface area contributed by atoms with Crippen LogP contribution in [0.25, 0.3) is 5.69 Å². The average Bonchev–Trinajstić information content (AvgIpc) is 3.03. The number of nitro groups is 1. The van der Waals surface area contributed by atoms with Gasteiger partial charge in [0.1, 0.15) is 0 Å². The summed E-state index contributed by atoms with van der Waals surface area (Å²) in [5.74, 6) is -4.07. The van der Waals surface area contributed by atoms with Crippen LogP contribution in [0, 0.1) is 10.1 Å². The molecule has 0 saturated carbocycles. The summed E-state index contributed by atoms with van der Waals surface area (Å²) in [4.78, 5) is 21.9. The summed E-state index contributed by atoms with van der Waals surface area (Å²) in [5.41, 5.74) is 4.80. The van der Waals surface area contributed by atoms with Crippen LogP contribution in [0.1, 0.15) is 10.5 Å². The fourth-order valence-corrected chi connectivity index (χ4v) is 1.62. The fourth-order valence-electron chi connectivity index (χ4n) is 1.62. The Morgan fingerprint density at radius 1 is 1.46 bits per heavy atom. The van der Waals surface area contributed by atoms with E-state index in [0.717, 1.165) is 4.68 Å². The third-order valence-corrected chi connectivity index (χ3v) is 2.84. The van der Waals surface area contributed by atoms with Crippen molar-refractivity contribution in [3.05, 3.63) is 46.3 Å². The zero-order valence-corrected chi connectivity index (χ0v) is 12.9. The van der Waals surface area contributed by atoms with Gasteiger partial charge in [-0.15, -0.1) is 17.5 Å². The van der Waals surface area contributed by atoms with Crippen LogP contribution in [-0.2, 0) is 0 Å². The van der Waals surface area contributed by atoms with Crippen LogP contribution in [0.3, 0.4) is 0 Å². The molecular formula is C12H13ClF2N6O3. The highest BCUT2D eigenvalue weighted by Crippen LogP contribution is 2.16. The molecule has 0 fully saturated rings. The molecule has 0 atom stereocenters. The Kier molecular flexibility index (Phi) is 6.26. The summed E-state index contributed by atoms with van der Waals surface area (Å²) < 4.78 is 27.1. The van der Waals surface area contributed by atoms with E-state index in [9.17, 15) is 23.7 Å². The molecule has 0 bridgehead atoms. The highest BCUT2D eigenvalue weighted by atomic mass is 35.5. The molecular weight excluding hydrogens is 350 g/mol. The molecule has 0 spiro atoms. The number of carbonyl (C=O) groups excluding carboxylic acids is 1. The number of halogens is 3. The molecule has 130 valence electrons. The van der Waals surface area contributed by atoms with Gasteiger partial charge in [0.05, 0.1) is 29.9 Å². The second-order valence-corrected chi connectivity index (χ2v) is 4.57. The van der Waals surface area contributed by atoms with Crippen molar-refractivity contribution in [2.45, 2.75) is 5.92 Å². The van der Waals surface area contributed by atoms with Gasteiger partial charge in [0.15, 0.2) is 5.69 Å². The summed E-state index contributed by atoms with van der Waals surface area (Å²) >= 11 is 0. The monoisotopic (exact) mass is 362 g/mol. The predicted octanol–water partition coefficient (Wildman–Crippen LogP) is 0.921. The lowest BCUT2D eigenvalue weighted by Gasteiger charge is -2.13. The van der Waals surface area contributed by atoms with E-state index in [0.29, 0.717) is 5.69 Å². The second kappa shape index (κ2) is 7.75. The van der Waals surface area contributed by atoms with Gasteiger partial charge < -0.3 is 11.1 Å². The van der Waals surface area contributed by atoms with E-state index in [4.69, 9.17) is 5.73 Å². The molecule has 2 rings (SSSR count). The SMILES string of the molecule is Cl.NCC(F)(F)CNC(=O)c1cn(-c2cccc([N+](=O)[O-])c2)nn1. The molecule has 0 saturated heterocycles. The van der Waals surface area contributed by atoms with Crippen LogP contribution >= 0.6 is 12.4 Å². The van der Waals surface area contributed by atoms with E-state index in [1.807, 2.05) is 5.32 Å². The third kappa shape index (κ3) is 4.67. The van der Waals surface area contributed by atoms with Crippen molar-refractivity contribution in [2.75, 3.05) is 13.1 Å². The van der Waals surface area contributed by atoms with Gasteiger partial charge in [0.2, 0.25) is 0 Å². The number of hydrogen-bond acceptors (Lipinski definition) is 6. The Morgan fingerprint density at radius 2 is 2.17 bits per heavy atom. The van der Waals surface area contributed by atoms with Crippen LogP contribution in [0.2, 0.25) is 0 Å². The average molecular weight is 363 g/mol. The van der Waals surface area contributed by atoms with Gasteiger partial charge in [-0.2, -0.15) is 0 Å². The second-order valence-electron chi connectivity index (χ2n) is 4.57. The van der Waals surface area contributed by atoms with E-state index in [-0.39, 0.29) is 23.8 Å². The lowest BCUT2D eigenvalue weighted by atomic mass is 10.3. The van der Waals surface area contributed by atoms with Gasteiger partial charge >= 0.3 is 0 Å². The molecule has 0 aliphatic carbocycles. The molecule has 1 aromatic heterocycles. The molecule has 0 radical (unpaired) electrons. The summed E-state index contributed by atoms with van der Waals surface area (Å²) in [6, 6.07) is 5.49. The van der Waals surface area contributed by atoms with Crippen molar-refractivity contribution in [2.24, 2.45) is 5.73 Å². The molecule has 9 nitrogen and oxygen atoms in total. The summed E-state index contributed by atoms with van der Waals surface area (Å²) in [7, 11) is 0. The number of nitrogens with one attached hydrogen (secondary N) is 1. The van der Waals surface area contributed by atoms with Crippen LogP contribution in [0.5, 0.6) is 0 Å². The fraction of sp³-hybridized carbons (Fsp3) is 0.250. The molecule has 24 heavy (non-hydrogen) atoms. The van der Waals surface area contributed by atoms with E-state index in [2.05, 4.69) is 10.3 Å². The number of rotatable bonds is 6. The first-order valence-electron chi connectivity index (χ1n) is 6.36. The lowest BCUT2D eigenvalue weighted by Crippen LogP contribution is -2.41. The van der Waals surface area contributed by atoms with Crippen molar-refractivity contribution >= 4 is 24.0 Å². The summed E-state index contributed by atoms with van der Waals surface area (Å²) in [6.07, 6.45) is 1.18. The standard InChI is InChI=1S/C12H12F2N6O3.ClH/c13-12(14,6-15)7-16-11(21)10-5-19(18-17-10)8-2-1-3-9(4-8)20(22)23;/h1-5H,6-7,15H2,(H,16,21);1H. The van der Waals surface area contributed by atoms with Gasteiger partial charge in [0, 0.05) is 12.1 Å². The molecule has 0 unspecified atom stereocenters. The Labute approximate surface area is 140 Å². The van der Waals surface area contributed by atoms with Crippen molar-refractivity contribution in [3.63, 3.8) is 0 Å². The van der Waals surface area contributed by atoms with Gasteiger partial charge in [-0.3, -0.25) is 14.9 Å². The quantitative estimate of drug-likeness (QED) is 0.580. The molecule has 1 amide bonds. The van der Waals surface area contributed by atoms with Crippen molar-refractivity contribution in [3.8, 4) is 5.69 Å². The molecule has 0 aliphatic heterocycles. The van der Waals surface area contributed by atoms with Crippen LogP contribution in [0.4, 0.5) is 14.5 Å². The van der Waals surface area contributed by atoms with Crippen molar-refractivity contribution in [1.82, 2.24) is 20.3 Å². The number of amides is 1. The van der Waals surface area contributed by atoms with Gasteiger partial charge in [0.25, 0.3) is 17.5 Å². The Balaban J connectivity index is 0.00000288. The topological polar surface area (TPSA) is 129 Å². The maximum atomic E-state index is 13.0. The number of hydrogen-bond donors (Lipinski definition) is 2. The van der Waals surface area contributed by atoms with Crippen LogP contribution in [-0.4, -0.2) is 44.8 Å². The number of alkyl halides is 2. The number of non-ortho nitro benzene ring substituents is 1. The largest absolute Gasteiger partial charge is 0.344 e. The molecule has 3 N–H and O–H groups in total. The highest BCUT2D eigenvalue weighted by Gasteiger charge is 2.27. The molecule has 1 aromatic carbocycles. The van der Waals surface area contributed by atoms with E-state index >= 15 is 0 Å². The zero-order valence-electron chi connectivity index (χ0n) is 12.1. The van der Waals surface area contributed by atoms with E-state index in [1.54, 1.807) is 0 Å². The lowest BCUT2D eigenvalue weighted by molar-refractivity contribution is -0.384. The number of nitro benzene ring substituents is 1. The minimum absolute atomic E-state index is 0. The Hall–Kier alpha value is -2.66. The molecule has 1 heterocycles. The van der Waals surface area contributed by atoms with Crippen molar-refractivity contribution < 1.29 is 18.5 Å². The first-order chi connectivity index (χ1) is 10.8. The number of nitrogens with two attached hydrogens (primary N) is 1. The maximum Gasteiger partial charge on any atom is 0.277 e. The minimum atomic E-state index is -3.22. The van der Waals surface area contributed by atoms with Gasteiger partial charge in [-0.25, -0.2) is 13.5 Å². The predicted molar refractivity (Wildman–Crippen MR) is 81.6 cm³/mol. The number of benzene rings is 1. The van der Waals surface area contributed by atoms with Gasteiger partial charge in [-0.1, -0.05) is 11.3 Å². The smallest absolute Gasteiger partial charge is 0.277 e. The summed E-state index contributed by atoms with van der Waals surface area (Å²) in [6.45, 7) is -1.82. The number of carbonyl (C=O) groups is 1.